The van der Waals surface area contributed by atoms with Gasteiger partial charge in [-0.15, -0.1) is 0 Å². The number of carbonyl (C=O) groups excluding carboxylic acids is 4. The number of benzene rings is 3. The van der Waals surface area contributed by atoms with E-state index in [1.54, 1.807) is 0 Å². The van der Waals surface area contributed by atoms with Crippen molar-refractivity contribution in [3.8, 4) is 0 Å². The van der Waals surface area contributed by atoms with Gasteiger partial charge in [-0.1, -0.05) is 70.9 Å². The fourth-order valence-electron chi connectivity index (χ4n) is 7.11. The van der Waals surface area contributed by atoms with Crippen LogP contribution in [-0.2, 0) is 23.9 Å². The van der Waals surface area contributed by atoms with Gasteiger partial charge in [0.05, 0.1) is 11.8 Å². The molecular weight excluding hydrogens is 596 g/mol. The maximum atomic E-state index is 13.7. The molecule has 0 unspecified atom stereocenters. The van der Waals surface area contributed by atoms with E-state index >= 15 is 0 Å². The molecule has 1 aliphatic heterocycles. The molecule has 0 spiro atoms. The number of halogens is 1. The van der Waals surface area contributed by atoms with Crippen molar-refractivity contribution in [2.45, 2.75) is 51.4 Å². The molecule has 1 saturated heterocycles. The Hall–Kier alpha value is -3.78. The van der Waals surface area contributed by atoms with Crippen LogP contribution in [0.15, 0.2) is 65.1 Å². The van der Waals surface area contributed by atoms with Crippen molar-refractivity contribution in [2.75, 3.05) is 18.5 Å². The Labute approximate surface area is 253 Å². The number of rotatable bonds is 9. The Morgan fingerprint density at radius 1 is 0.810 bits per heavy atom. The molecule has 3 aliphatic carbocycles. The fourth-order valence-corrected chi connectivity index (χ4v) is 7.34. The number of carbonyl (C=O) groups is 4. The van der Waals surface area contributed by atoms with E-state index in [0.29, 0.717) is 31.5 Å². The van der Waals surface area contributed by atoms with Crippen LogP contribution in [0.3, 0.4) is 0 Å². The number of unbranched alkanes of at least 4 members (excludes halogenated alkanes) is 2. The predicted octanol–water partition coefficient (Wildman–Crippen LogP) is 6.00. The minimum absolute atomic E-state index is 0.0782. The molecule has 1 fully saturated rings. The van der Waals surface area contributed by atoms with Gasteiger partial charge in [-0.2, -0.15) is 0 Å². The molecule has 2 bridgehead atoms. The first kappa shape index (κ1) is 28.3. The molecule has 4 aliphatic rings. The Bertz CT molecular complexity index is 1460. The highest BCUT2D eigenvalue weighted by Gasteiger charge is 2.61. The first-order valence-electron chi connectivity index (χ1n) is 14.5. The number of hydrogen-bond acceptors (Lipinski definition) is 5. The van der Waals surface area contributed by atoms with E-state index in [0.717, 1.165) is 15.6 Å². The first-order valence-corrected chi connectivity index (χ1v) is 15.3. The molecule has 42 heavy (non-hydrogen) atoms. The van der Waals surface area contributed by atoms with Gasteiger partial charge < -0.3 is 10.1 Å². The fraction of sp³-hybridized carbons (Fsp3) is 0.353. The summed E-state index contributed by atoms with van der Waals surface area (Å²) < 4.78 is 6.14. The smallest absolute Gasteiger partial charge is 0.306 e. The van der Waals surface area contributed by atoms with Gasteiger partial charge in [0.15, 0.2) is 6.61 Å². The summed E-state index contributed by atoms with van der Waals surface area (Å²) in [4.78, 5) is 53.2. The number of nitrogens with zero attached hydrogens (tertiary/aromatic N) is 1. The molecule has 7 nitrogen and oxygen atoms in total. The molecule has 8 heteroatoms. The van der Waals surface area contributed by atoms with Crippen molar-refractivity contribution < 1.29 is 23.9 Å². The molecule has 3 amide bonds. The molecule has 3 aromatic carbocycles. The van der Waals surface area contributed by atoms with Gasteiger partial charge >= 0.3 is 5.97 Å². The van der Waals surface area contributed by atoms with Crippen LogP contribution < -0.4 is 5.32 Å². The van der Waals surface area contributed by atoms with Crippen molar-refractivity contribution in [2.24, 2.45) is 11.8 Å². The van der Waals surface area contributed by atoms with E-state index in [4.69, 9.17) is 4.74 Å². The number of nitrogens with one attached hydrogen (secondary N) is 1. The number of imide groups is 1. The highest BCUT2D eigenvalue weighted by molar-refractivity contribution is 9.10. The zero-order chi connectivity index (χ0) is 29.5. The lowest BCUT2D eigenvalue weighted by Gasteiger charge is -2.45. The van der Waals surface area contributed by atoms with Crippen LogP contribution in [0.25, 0.3) is 0 Å². The van der Waals surface area contributed by atoms with Gasteiger partial charge in [-0.25, -0.2) is 0 Å². The third kappa shape index (κ3) is 4.96. The highest BCUT2D eigenvalue weighted by Crippen LogP contribution is 2.60. The summed E-state index contributed by atoms with van der Waals surface area (Å²) in [6, 6.07) is 20.2. The van der Waals surface area contributed by atoms with Gasteiger partial charge in [-0.05, 0) is 72.2 Å². The quantitative estimate of drug-likeness (QED) is 0.178. The maximum absolute atomic E-state index is 13.7. The predicted molar refractivity (Wildman–Crippen MR) is 162 cm³/mol. The Kier molecular flexibility index (Phi) is 7.75. The number of anilines is 1. The SMILES string of the molecule is Cc1cc(NC(=O)COC(=O)CCCCCN2C(=O)[C@@H]3C4c5ccccc5C(c5ccccc54)[C@@H]3C2=O)cc(C)c1Br. The van der Waals surface area contributed by atoms with Gasteiger partial charge in [0.25, 0.3) is 5.91 Å². The zero-order valence-electron chi connectivity index (χ0n) is 23.7. The van der Waals surface area contributed by atoms with Crippen molar-refractivity contribution >= 4 is 45.3 Å². The van der Waals surface area contributed by atoms with Crippen LogP contribution in [0.1, 0.15) is 70.9 Å². The highest BCUT2D eigenvalue weighted by atomic mass is 79.9. The van der Waals surface area contributed by atoms with Gasteiger partial charge in [0.2, 0.25) is 11.8 Å². The largest absolute Gasteiger partial charge is 0.456 e. The van der Waals surface area contributed by atoms with Crippen LogP contribution in [-0.4, -0.2) is 41.7 Å². The van der Waals surface area contributed by atoms with Gasteiger partial charge in [0.1, 0.15) is 0 Å². The Morgan fingerprint density at radius 2 is 1.31 bits per heavy atom. The molecule has 2 atom stereocenters. The molecule has 3 aromatic rings. The average Bonchev–Trinajstić information content (AvgIpc) is 3.24. The molecule has 216 valence electrons. The van der Waals surface area contributed by atoms with Gasteiger partial charge in [-0.3, -0.25) is 24.1 Å². The van der Waals surface area contributed by atoms with Crippen LogP contribution in [0, 0.1) is 25.7 Å². The molecule has 1 N–H and O–H groups in total. The van der Waals surface area contributed by atoms with E-state index in [1.165, 1.54) is 27.2 Å². The maximum Gasteiger partial charge on any atom is 0.306 e. The second kappa shape index (κ2) is 11.5. The minimum Gasteiger partial charge on any atom is -0.456 e. The Balaban J connectivity index is 0.989. The minimum atomic E-state index is -0.445. The van der Waals surface area contributed by atoms with Crippen molar-refractivity contribution in [1.29, 1.82) is 0 Å². The number of esters is 1. The summed E-state index contributed by atoms with van der Waals surface area (Å²) in [6.07, 6.45) is 2.00. The lowest BCUT2D eigenvalue weighted by molar-refractivity contribution is -0.147. The topological polar surface area (TPSA) is 92.8 Å². The summed E-state index contributed by atoms with van der Waals surface area (Å²) in [5.74, 6) is -1.92. The van der Waals surface area contributed by atoms with E-state index in [2.05, 4.69) is 45.5 Å². The molecular formula is C34H33BrN2O5. The second-order valence-corrected chi connectivity index (χ2v) is 12.3. The van der Waals surface area contributed by atoms with Crippen molar-refractivity contribution in [1.82, 2.24) is 4.90 Å². The summed E-state index contributed by atoms with van der Waals surface area (Å²) in [5, 5.41) is 2.76. The summed E-state index contributed by atoms with van der Waals surface area (Å²) in [7, 11) is 0. The van der Waals surface area contributed by atoms with Crippen LogP contribution in [0.4, 0.5) is 5.69 Å². The average molecular weight is 630 g/mol. The third-order valence-electron chi connectivity index (χ3n) is 8.89. The molecule has 7 rings (SSSR count). The first-order chi connectivity index (χ1) is 20.3. The number of ether oxygens (including phenoxy) is 1. The number of likely N-dealkylation sites (tertiary alicyclic amines) is 1. The monoisotopic (exact) mass is 628 g/mol. The Morgan fingerprint density at radius 3 is 1.81 bits per heavy atom. The van der Waals surface area contributed by atoms with Crippen molar-refractivity contribution in [3.63, 3.8) is 0 Å². The van der Waals surface area contributed by atoms with Crippen molar-refractivity contribution in [3.05, 3.63) is 98.5 Å². The van der Waals surface area contributed by atoms with Gasteiger partial charge in [0, 0.05) is 35.0 Å². The van der Waals surface area contributed by atoms with Crippen LogP contribution >= 0.6 is 15.9 Å². The standard InChI is InChI=1S/C34H33BrN2O5/c1-19-16-21(17-20(2)32(19)35)36-26(38)18-42-27(39)14-4-3-9-15-37-33(40)30-28-22-10-5-6-11-23(22)29(31(30)34(37)41)25-13-8-7-12-24(25)28/h5-8,10-13,16-17,28-31H,3-4,9,14-15,18H2,1-2H3,(H,36,38)/t28?,29?,30-,31+. The zero-order valence-corrected chi connectivity index (χ0v) is 25.3. The van der Waals surface area contributed by atoms with Crippen LogP contribution in [0.2, 0.25) is 0 Å². The summed E-state index contributed by atoms with van der Waals surface area (Å²) in [6.45, 7) is 3.88. The lowest BCUT2D eigenvalue weighted by Crippen LogP contribution is -2.41. The van der Waals surface area contributed by atoms with Crippen LogP contribution in [0.5, 0.6) is 0 Å². The third-order valence-corrected chi connectivity index (χ3v) is 10.1. The normalized spacial score (nSPS) is 21.5. The van der Waals surface area contributed by atoms with E-state index < -0.39 is 11.9 Å². The lowest BCUT2D eigenvalue weighted by atomic mass is 9.55. The molecule has 0 saturated carbocycles. The van der Waals surface area contributed by atoms with E-state index in [1.807, 2.05) is 50.2 Å². The number of hydrogen-bond donors (Lipinski definition) is 1. The molecule has 0 aromatic heterocycles. The summed E-state index contributed by atoms with van der Waals surface area (Å²) >= 11 is 3.50. The molecule has 0 radical (unpaired) electrons. The molecule has 1 heterocycles. The van der Waals surface area contributed by atoms with E-state index in [9.17, 15) is 19.2 Å². The number of aryl methyl sites for hydroxylation is 2. The second-order valence-electron chi connectivity index (χ2n) is 11.5. The number of amides is 3. The summed E-state index contributed by atoms with van der Waals surface area (Å²) in [5.41, 5.74) is 7.32. The van der Waals surface area contributed by atoms with E-state index in [-0.39, 0.29) is 48.5 Å².